The zero-order chi connectivity index (χ0) is 18.3. The van der Waals surface area contributed by atoms with E-state index in [0.717, 1.165) is 4.68 Å². The SMILES string of the molecule is COc1ccc2[nH]c3c(=O)n(/N=C/c4cccc(Cl)c4)c(=O)[nH]c3c2c1. The molecule has 8 heteroatoms. The van der Waals surface area contributed by atoms with Gasteiger partial charge < -0.3 is 14.7 Å². The first-order valence-electron chi connectivity index (χ1n) is 7.71. The average molecular weight is 369 g/mol. The predicted octanol–water partition coefficient (Wildman–Crippen LogP) is 2.72. The molecule has 0 atom stereocenters. The van der Waals surface area contributed by atoms with Gasteiger partial charge in [-0.25, -0.2) is 4.79 Å². The van der Waals surface area contributed by atoms with Crippen LogP contribution in [0.5, 0.6) is 5.75 Å². The first-order chi connectivity index (χ1) is 12.6. The fourth-order valence-electron chi connectivity index (χ4n) is 2.76. The molecule has 4 rings (SSSR count). The molecule has 0 spiro atoms. The van der Waals surface area contributed by atoms with Crippen molar-refractivity contribution in [2.75, 3.05) is 7.11 Å². The second kappa shape index (κ2) is 6.20. The Morgan fingerprint density at radius 3 is 2.73 bits per heavy atom. The fourth-order valence-corrected chi connectivity index (χ4v) is 2.96. The molecule has 4 aromatic rings. The number of halogens is 1. The summed E-state index contributed by atoms with van der Waals surface area (Å²) in [6, 6.07) is 12.2. The van der Waals surface area contributed by atoms with Crippen LogP contribution in [0.2, 0.25) is 5.02 Å². The number of benzene rings is 2. The van der Waals surface area contributed by atoms with Gasteiger partial charge in [0.2, 0.25) is 0 Å². The normalized spacial score (nSPS) is 11.6. The van der Waals surface area contributed by atoms with Crippen LogP contribution in [0.3, 0.4) is 0 Å². The van der Waals surface area contributed by atoms with Gasteiger partial charge in [0, 0.05) is 15.9 Å². The van der Waals surface area contributed by atoms with Crippen molar-refractivity contribution in [1.29, 1.82) is 0 Å². The summed E-state index contributed by atoms with van der Waals surface area (Å²) in [6.45, 7) is 0. The third-order valence-electron chi connectivity index (χ3n) is 4.01. The number of ether oxygens (including phenoxy) is 1. The monoisotopic (exact) mass is 368 g/mol. The van der Waals surface area contributed by atoms with E-state index < -0.39 is 11.2 Å². The molecular weight excluding hydrogens is 356 g/mol. The van der Waals surface area contributed by atoms with E-state index in [4.69, 9.17) is 16.3 Å². The van der Waals surface area contributed by atoms with E-state index in [0.29, 0.717) is 32.8 Å². The second-order valence-corrected chi connectivity index (χ2v) is 6.07. The Balaban J connectivity index is 1.90. The van der Waals surface area contributed by atoms with Crippen LogP contribution >= 0.6 is 11.6 Å². The zero-order valence-corrected chi connectivity index (χ0v) is 14.4. The summed E-state index contributed by atoms with van der Waals surface area (Å²) in [5, 5.41) is 5.23. The molecule has 0 radical (unpaired) electrons. The molecule has 2 aromatic heterocycles. The van der Waals surface area contributed by atoms with Crippen molar-refractivity contribution in [3.8, 4) is 5.75 Å². The third-order valence-corrected chi connectivity index (χ3v) is 4.24. The summed E-state index contributed by atoms with van der Waals surface area (Å²) < 4.78 is 5.97. The lowest BCUT2D eigenvalue weighted by molar-refractivity contribution is 0.415. The average Bonchev–Trinajstić information content (AvgIpc) is 2.99. The molecule has 2 N–H and O–H groups in total. The number of methoxy groups -OCH3 is 1. The molecule has 7 nitrogen and oxygen atoms in total. The number of H-pyrrole nitrogens is 2. The van der Waals surface area contributed by atoms with E-state index in [9.17, 15) is 9.59 Å². The van der Waals surface area contributed by atoms with E-state index in [1.54, 1.807) is 49.6 Å². The first kappa shape index (κ1) is 16.2. The van der Waals surface area contributed by atoms with Gasteiger partial charge in [-0.3, -0.25) is 4.79 Å². The van der Waals surface area contributed by atoms with Gasteiger partial charge >= 0.3 is 11.2 Å². The molecule has 0 aliphatic heterocycles. The first-order valence-corrected chi connectivity index (χ1v) is 8.09. The Morgan fingerprint density at radius 1 is 1.12 bits per heavy atom. The molecule has 2 heterocycles. The minimum absolute atomic E-state index is 0.260. The van der Waals surface area contributed by atoms with Crippen molar-refractivity contribution >= 4 is 39.8 Å². The Kier molecular flexibility index (Phi) is 3.85. The lowest BCUT2D eigenvalue weighted by Crippen LogP contribution is -2.32. The van der Waals surface area contributed by atoms with E-state index >= 15 is 0 Å². The van der Waals surface area contributed by atoms with Crippen molar-refractivity contribution in [3.63, 3.8) is 0 Å². The van der Waals surface area contributed by atoms with E-state index in [2.05, 4.69) is 15.1 Å². The number of fused-ring (bicyclic) bond motifs is 3. The van der Waals surface area contributed by atoms with Crippen LogP contribution in [0.15, 0.2) is 57.2 Å². The van der Waals surface area contributed by atoms with E-state index in [1.807, 2.05) is 0 Å². The van der Waals surface area contributed by atoms with Crippen LogP contribution in [0, 0.1) is 0 Å². The number of nitrogens with zero attached hydrogens (tertiary/aromatic N) is 2. The van der Waals surface area contributed by atoms with Crippen molar-refractivity contribution in [1.82, 2.24) is 14.6 Å². The van der Waals surface area contributed by atoms with Crippen LogP contribution < -0.4 is 16.0 Å². The molecule has 0 unspecified atom stereocenters. The van der Waals surface area contributed by atoms with Crippen molar-refractivity contribution in [2.45, 2.75) is 0 Å². The van der Waals surface area contributed by atoms with Crippen LogP contribution in [0.1, 0.15) is 5.56 Å². The highest BCUT2D eigenvalue weighted by molar-refractivity contribution is 6.30. The number of aromatic amines is 2. The molecular formula is C18H13ClN4O3. The van der Waals surface area contributed by atoms with Gasteiger partial charge in [-0.05, 0) is 35.9 Å². The largest absolute Gasteiger partial charge is 0.497 e. The van der Waals surface area contributed by atoms with Crippen molar-refractivity contribution < 1.29 is 4.74 Å². The van der Waals surface area contributed by atoms with Gasteiger partial charge in [0.1, 0.15) is 11.3 Å². The topological polar surface area (TPSA) is 92.2 Å². The Bertz CT molecular complexity index is 1280. The summed E-state index contributed by atoms with van der Waals surface area (Å²) in [5.74, 6) is 0.627. The minimum Gasteiger partial charge on any atom is -0.497 e. The maximum Gasteiger partial charge on any atom is 0.350 e. The van der Waals surface area contributed by atoms with Crippen molar-refractivity contribution in [3.05, 3.63) is 73.9 Å². The minimum atomic E-state index is -0.635. The molecule has 0 saturated heterocycles. The second-order valence-electron chi connectivity index (χ2n) is 5.63. The van der Waals surface area contributed by atoms with E-state index in [-0.39, 0.29) is 5.52 Å². The number of aromatic nitrogens is 3. The van der Waals surface area contributed by atoms with Gasteiger partial charge in [0.25, 0.3) is 0 Å². The summed E-state index contributed by atoms with van der Waals surface area (Å²) in [5.41, 5.74) is 0.885. The van der Waals surface area contributed by atoms with Gasteiger partial charge in [-0.1, -0.05) is 23.7 Å². The molecule has 0 bridgehead atoms. The highest BCUT2D eigenvalue weighted by Gasteiger charge is 2.13. The molecule has 2 aromatic carbocycles. The number of hydrogen-bond donors (Lipinski definition) is 2. The lowest BCUT2D eigenvalue weighted by atomic mass is 10.2. The Morgan fingerprint density at radius 2 is 1.96 bits per heavy atom. The quantitative estimate of drug-likeness (QED) is 0.544. The number of hydrogen-bond acceptors (Lipinski definition) is 4. The van der Waals surface area contributed by atoms with Crippen LogP contribution in [-0.4, -0.2) is 28.0 Å². The predicted molar refractivity (Wildman–Crippen MR) is 102 cm³/mol. The molecule has 0 aliphatic rings. The maximum atomic E-state index is 12.7. The zero-order valence-electron chi connectivity index (χ0n) is 13.6. The van der Waals surface area contributed by atoms with Gasteiger partial charge in [-0.2, -0.15) is 5.10 Å². The Hall–Kier alpha value is -3.32. The number of rotatable bonds is 3. The maximum absolute atomic E-state index is 12.7. The molecule has 0 amide bonds. The highest BCUT2D eigenvalue weighted by Crippen LogP contribution is 2.25. The third kappa shape index (κ3) is 2.68. The summed E-state index contributed by atoms with van der Waals surface area (Å²) >= 11 is 5.92. The standard InChI is InChI=1S/C18H13ClN4O3/c1-26-12-5-6-14-13(8-12)15-16(21-14)17(24)23(18(25)22-15)20-9-10-3-2-4-11(19)7-10/h2-9,21H,1H3,(H,22,25)/b20-9+. The molecule has 130 valence electrons. The Labute approximate surface area is 151 Å². The smallest absolute Gasteiger partial charge is 0.350 e. The van der Waals surface area contributed by atoms with Crippen LogP contribution in [-0.2, 0) is 0 Å². The van der Waals surface area contributed by atoms with Gasteiger partial charge in [0.05, 0.1) is 18.8 Å². The summed E-state index contributed by atoms with van der Waals surface area (Å²) in [6.07, 6.45) is 1.40. The number of nitrogens with one attached hydrogen (secondary N) is 2. The lowest BCUT2D eigenvalue weighted by Gasteiger charge is -1.99. The van der Waals surface area contributed by atoms with Gasteiger partial charge in [-0.15, -0.1) is 4.68 Å². The summed E-state index contributed by atoms with van der Waals surface area (Å²) in [7, 11) is 1.55. The van der Waals surface area contributed by atoms with Crippen LogP contribution in [0.4, 0.5) is 0 Å². The molecule has 26 heavy (non-hydrogen) atoms. The highest BCUT2D eigenvalue weighted by atomic mass is 35.5. The molecule has 0 fully saturated rings. The van der Waals surface area contributed by atoms with Crippen molar-refractivity contribution in [2.24, 2.45) is 5.10 Å². The summed E-state index contributed by atoms with van der Waals surface area (Å²) in [4.78, 5) is 30.8. The van der Waals surface area contributed by atoms with Crippen LogP contribution in [0.25, 0.3) is 21.9 Å². The molecule has 0 aliphatic carbocycles. The van der Waals surface area contributed by atoms with Gasteiger partial charge in [0.15, 0.2) is 0 Å². The van der Waals surface area contributed by atoms with E-state index in [1.165, 1.54) is 6.21 Å². The fraction of sp³-hybridized carbons (Fsp3) is 0.0556. The molecule has 0 saturated carbocycles.